The van der Waals surface area contributed by atoms with Crippen molar-refractivity contribution in [1.82, 2.24) is 19.6 Å². The van der Waals surface area contributed by atoms with Crippen LogP contribution in [0.4, 0.5) is 11.4 Å². The van der Waals surface area contributed by atoms with Gasteiger partial charge >= 0.3 is 7.12 Å². The van der Waals surface area contributed by atoms with E-state index in [-0.39, 0.29) is 59.4 Å². The fourth-order valence-electron chi connectivity index (χ4n) is 7.97. The van der Waals surface area contributed by atoms with Crippen molar-refractivity contribution >= 4 is 98.5 Å². The molecule has 4 aromatic carbocycles. The molecule has 14 nitrogen and oxygen atoms in total. The van der Waals surface area contributed by atoms with Crippen LogP contribution in [0.3, 0.4) is 0 Å². The second-order valence-corrected chi connectivity index (χ2v) is 20.8. The molecule has 0 spiro atoms. The first kappa shape index (κ1) is 50.2. The van der Waals surface area contributed by atoms with E-state index in [1.54, 1.807) is 74.2 Å². The molecule has 4 aromatic rings. The van der Waals surface area contributed by atoms with Crippen LogP contribution in [0.25, 0.3) is 11.1 Å². The molecule has 18 heteroatoms. The van der Waals surface area contributed by atoms with E-state index in [4.69, 9.17) is 33.2 Å². The van der Waals surface area contributed by atoms with E-state index in [9.17, 15) is 28.8 Å². The lowest BCUT2D eigenvalue weighted by molar-refractivity contribution is -0.138. The Kier molecular flexibility index (Phi) is 15.8. The summed E-state index contributed by atoms with van der Waals surface area (Å²) in [7, 11) is -1.43. The van der Waals surface area contributed by atoms with Crippen molar-refractivity contribution in [2.75, 3.05) is 49.9 Å². The molecule has 66 heavy (non-hydrogen) atoms. The second-order valence-electron chi connectivity index (χ2n) is 19.1. The smallest absolute Gasteiger partial charge is 0.423 e. The third-order valence-electron chi connectivity index (χ3n) is 11.2. The summed E-state index contributed by atoms with van der Waals surface area (Å²) < 4.78 is 0.784. The van der Waals surface area contributed by atoms with Gasteiger partial charge in [-0.15, -0.1) is 0 Å². The van der Waals surface area contributed by atoms with Crippen molar-refractivity contribution in [2.45, 2.75) is 66.5 Å². The second kappa shape index (κ2) is 20.7. The Labute approximate surface area is 403 Å². The number of rotatable bonds is 4. The molecule has 0 saturated carbocycles. The molecule has 0 aliphatic carbocycles. The van der Waals surface area contributed by atoms with Gasteiger partial charge in [0.25, 0.3) is 11.8 Å². The lowest BCUT2D eigenvalue weighted by Gasteiger charge is -2.40. The third-order valence-corrected chi connectivity index (χ3v) is 12.2. The number of carbonyl (C=O) groups is 6. The van der Waals surface area contributed by atoms with E-state index < -0.39 is 19.2 Å². The van der Waals surface area contributed by atoms with Crippen LogP contribution in [-0.2, 0) is 19.2 Å². The van der Waals surface area contributed by atoms with Crippen LogP contribution in [0.5, 0.6) is 0 Å². The van der Waals surface area contributed by atoms with Crippen molar-refractivity contribution in [1.29, 1.82) is 0 Å². The maximum Gasteiger partial charge on any atom is 0.488 e. The molecule has 4 aliphatic rings. The summed E-state index contributed by atoms with van der Waals surface area (Å²) in [5.41, 5.74) is 3.83. The number of amides is 6. The molecule has 2 unspecified atom stereocenters. The van der Waals surface area contributed by atoms with Gasteiger partial charge in [-0.05, 0) is 82.0 Å². The summed E-state index contributed by atoms with van der Waals surface area (Å²) in [5, 5.41) is 24.1. The van der Waals surface area contributed by atoms with Gasteiger partial charge in [0.2, 0.25) is 23.6 Å². The van der Waals surface area contributed by atoms with Gasteiger partial charge in [0.1, 0.15) is 12.1 Å². The minimum atomic E-state index is -1.43. The van der Waals surface area contributed by atoms with Gasteiger partial charge in [-0.25, -0.2) is 0 Å². The molecule has 4 N–H and O–H groups in total. The monoisotopic (exact) mass is 1000 g/mol. The standard InChI is InChI=1S/C24H26ClN3O3.C18H22BrN3O3.C6H6BClO2/c1-24(2,3)13-21(29)27-9-10-28-20(14-27)22(30)26-19-8-7-16(12-18(19)23(28)31)15-5-4-6-17(25)11-15;1-18(2,3)9-15(23)21-6-7-22-14(10-21)16(24)20-13-5-4-11(19)8-12(13)17(22)25;8-6-3-1-2-5(4-6)7(9)10/h4-8,11-12,20H,9-10,13-14H2,1-3H3,(H,26,30);4-5,8,14H,6-7,9-10H2,1-3H3,(H,20,24);1-4,9-10H. The highest BCUT2D eigenvalue weighted by molar-refractivity contribution is 9.10. The Morgan fingerprint density at radius 2 is 1.09 bits per heavy atom. The number of nitrogens with one attached hydrogen (secondary N) is 2. The predicted octanol–water partition coefficient (Wildman–Crippen LogP) is 6.56. The average molecular weight is 1000 g/mol. The first-order chi connectivity index (χ1) is 31.0. The van der Waals surface area contributed by atoms with Gasteiger partial charge in [-0.2, -0.15) is 0 Å². The Morgan fingerprint density at radius 1 is 0.636 bits per heavy atom. The minimum Gasteiger partial charge on any atom is -0.423 e. The van der Waals surface area contributed by atoms with Crippen LogP contribution in [-0.4, -0.2) is 124 Å². The summed E-state index contributed by atoms with van der Waals surface area (Å²) in [5.74, 6) is -0.861. The largest absolute Gasteiger partial charge is 0.488 e. The molecule has 2 saturated heterocycles. The first-order valence-corrected chi connectivity index (χ1v) is 23.1. The minimum absolute atomic E-state index is 0.0115. The molecule has 8 rings (SSSR count). The lowest BCUT2D eigenvalue weighted by Crippen LogP contribution is -2.59. The Balaban J connectivity index is 0.000000183. The molecule has 2 fully saturated rings. The zero-order valence-electron chi connectivity index (χ0n) is 37.7. The number of benzene rings is 4. The fraction of sp³-hybridized carbons (Fsp3) is 0.375. The Bertz CT molecular complexity index is 2530. The zero-order valence-corrected chi connectivity index (χ0v) is 40.8. The summed E-state index contributed by atoms with van der Waals surface area (Å²) in [6.07, 6.45) is 0.820. The highest BCUT2D eigenvalue weighted by atomic mass is 79.9. The van der Waals surface area contributed by atoms with Gasteiger partial charge < -0.3 is 40.3 Å². The number of hydrogen-bond donors (Lipinski definition) is 4. The van der Waals surface area contributed by atoms with Crippen molar-refractivity contribution < 1.29 is 38.8 Å². The normalized spacial score (nSPS) is 18.0. The molecule has 4 heterocycles. The SMILES string of the molecule is CC(C)(C)CC(=O)N1CCN2C(=O)c3cc(-c4cccc(Cl)c4)ccc3NC(=O)C2C1.CC(C)(C)CC(=O)N1CCN2C(=O)c3cc(Br)ccc3NC(=O)C2C1.OB(O)c1cccc(Cl)c1. The van der Waals surface area contributed by atoms with Crippen LogP contribution < -0.4 is 16.1 Å². The fourth-order valence-corrected chi connectivity index (χ4v) is 8.72. The number of hydrogen-bond acceptors (Lipinski definition) is 8. The molecule has 348 valence electrons. The summed E-state index contributed by atoms with van der Waals surface area (Å²) in [6, 6.07) is 23.1. The number of fused-ring (bicyclic) bond motifs is 4. The number of halogens is 3. The quantitative estimate of drug-likeness (QED) is 0.166. The van der Waals surface area contributed by atoms with Crippen LogP contribution in [0.2, 0.25) is 10.0 Å². The molecule has 4 aliphatic heterocycles. The molecular weight excluding hydrogens is 950 g/mol. The van der Waals surface area contributed by atoms with Crippen molar-refractivity contribution in [2.24, 2.45) is 10.8 Å². The molecular formula is C48H54BBrCl2N6O8. The van der Waals surface area contributed by atoms with Gasteiger partial charge in [0.05, 0.1) is 35.6 Å². The van der Waals surface area contributed by atoms with Crippen molar-refractivity contribution in [3.8, 4) is 11.1 Å². The van der Waals surface area contributed by atoms with Crippen LogP contribution in [0.15, 0.2) is 89.4 Å². The van der Waals surface area contributed by atoms with Crippen LogP contribution in [0.1, 0.15) is 75.1 Å². The highest BCUT2D eigenvalue weighted by Gasteiger charge is 2.42. The molecule has 6 amide bonds. The van der Waals surface area contributed by atoms with E-state index in [0.717, 1.165) is 15.6 Å². The molecule has 2 atom stereocenters. The maximum absolute atomic E-state index is 13.4. The number of carbonyl (C=O) groups excluding carboxylic acids is 6. The highest BCUT2D eigenvalue weighted by Crippen LogP contribution is 2.33. The van der Waals surface area contributed by atoms with Crippen molar-refractivity contribution in [3.05, 3.63) is 111 Å². The third kappa shape index (κ3) is 12.6. The lowest BCUT2D eigenvalue weighted by atomic mass is 9.81. The van der Waals surface area contributed by atoms with Gasteiger partial charge in [-0.3, -0.25) is 28.8 Å². The molecule has 0 aromatic heterocycles. The van der Waals surface area contributed by atoms with E-state index in [1.807, 2.05) is 65.8 Å². The van der Waals surface area contributed by atoms with E-state index in [0.29, 0.717) is 77.0 Å². The van der Waals surface area contributed by atoms with E-state index >= 15 is 0 Å². The number of piperazine rings is 2. The zero-order chi connectivity index (χ0) is 48.2. The Morgan fingerprint density at radius 3 is 1.55 bits per heavy atom. The predicted molar refractivity (Wildman–Crippen MR) is 261 cm³/mol. The van der Waals surface area contributed by atoms with E-state index in [1.165, 1.54) is 6.07 Å². The molecule has 0 bridgehead atoms. The topological polar surface area (TPSA) is 180 Å². The van der Waals surface area contributed by atoms with Crippen molar-refractivity contribution in [3.63, 3.8) is 0 Å². The average Bonchev–Trinajstić information content (AvgIpc) is 3.42. The summed E-state index contributed by atoms with van der Waals surface area (Å²) in [4.78, 5) is 83.6. The maximum atomic E-state index is 13.4. The first-order valence-electron chi connectivity index (χ1n) is 21.6. The summed E-state index contributed by atoms with van der Waals surface area (Å²) in [6.45, 7) is 14.1. The van der Waals surface area contributed by atoms with E-state index in [2.05, 4.69) is 26.6 Å². The van der Waals surface area contributed by atoms with Gasteiger partial charge in [0.15, 0.2) is 0 Å². The summed E-state index contributed by atoms with van der Waals surface area (Å²) >= 11 is 15.1. The van der Waals surface area contributed by atoms with Gasteiger partial charge in [0, 0.05) is 53.5 Å². The number of anilines is 2. The van der Waals surface area contributed by atoms with Crippen LogP contribution >= 0.6 is 39.1 Å². The molecule has 0 radical (unpaired) electrons. The number of nitrogens with zero attached hydrogens (tertiary/aromatic N) is 4. The Hall–Kier alpha value is -5.26. The van der Waals surface area contributed by atoms with Crippen LogP contribution in [0, 0.1) is 10.8 Å². The van der Waals surface area contributed by atoms with Gasteiger partial charge in [-0.1, -0.05) is 111 Å².